The minimum atomic E-state index is -0.474. The molecule has 1 fully saturated rings. The van der Waals surface area contributed by atoms with Gasteiger partial charge in [0, 0.05) is 49.7 Å². The molecule has 0 saturated carbocycles. The van der Waals surface area contributed by atoms with Crippen molar-refractivity contribution < 1.29 is 19.2 Å². The molecule has 2 N–H and O–H groups in total. The third-order valence-corrected chi connectivity index (χ3v) is 7.87. The van der Waals surface area contributed by atoms with Crippen LogP contribution in [0, 0.1) is 10.1 Å². The summed E-state index contributed by atoms with van der Waals surface area (Å²) in [5, 5.41) is 17.7. The third-order valence-electron chi connectivity index (χ3n) is 7.87. The number of ether oxygens (including phenoxy) is 1. The second kappa shape index (κ2) is 11.4. The number of nitrogens with one attached hydrogen (secondary N) is 2. The van der Waals surface area contributed by atoms with Crippen molar-refractivity contribution in [1.82, 2.24) is 9.88 Å². The Morgan fingerprint density at radius 2 is 1.86 bits per heavy atom. The van der Waals surface area contributed by atoms with Crippen LogP contribution in [0.2, 0.25) is 0 Å². The molecule has 11 heteroatoms. The lowest BCUT2D eigenvalue weighted by molar-refractivity contribution is -0.385. The molecule has 0 atom stereocenters. The van der Waals surface area contributed by atoms with Gasteiger partial charge < -0.3 is 25.2 Å². The summed E-state index contributed by atoms with van der Waals surface area (Å²) in [4.78, 5) is 45.6. The maximum Gasteiger partial charge on any atom is 0.310 e. The number of hydrogen-bond acceptors (Lipinski definition) is 8. The van der Waals surface area contributed by atoms with Gasteiger partial charge in [-0.3, -0.25) is 19.7 Å². The van der Waals surface area contributed by atoms with E-state index in [2.05, 4.69) is 20.5 Å². The average Bonchev–Trinajstić information content (AvgIpc) is 3.15. The van der Waals surface area contributed by atoms with Crippen LogP contribution >= 0.6 is 0 Å². The first-order chi connectivity index (χ1) is 20.4. The molecule has 1 aliphatic carbocycles. The number of nitro groups is 1. The molecule has 214 valence electrons. The van der Waals surface area contributed by atoms with Crippen LogP contribution in [-0.4, -0.2) is 59.9 Å². The fourth-order valence-electron chi connectivity index (χ4n) is 5.60. The van der Waals surface area contributed by atoms with E-state index in [1.807, 2.05) is 47.4 Å². The van der Waals surface area contributed by atoms with E-state index in [0.717, 1.165) is 41.3 Å². The predicted octanol–water partition coefficient (Wildman–Crippen LogP) is 4.39. The first kappa shape index (κ1) is 27.0. The molecule has 1 aromatic heterocycles. The third kappa shape index (κ3) is 5.40. The molecule has 11 nitrogen and oxygen atoms in total. The van der Waals surface area contributed by atoms with Crippen LogP contribution in [0.5, 0.6) is 5.75 Å². The minimum absolute atomic E-state index is 0.0482. The number of aromatic nitrogens is 1. The van der Waals surface area contributed by atoms with Crippen molar-refractivity contribution >= 4 is 40.3 Å². The molecule has 3 heterocycles. The molecule has 2 amide bonds. The minimum Gasteiger partial charge on any atom is -0.490 e. The van der Waals surface area contributed by atoms with Gasteiger partial charge in [-0.1, -0.05) is 12.1 Å². The van der Waals surface area contributed by atoms with Crippen molar-refractivity contribution in [3.8, 4) is 5.75 Å². The lowest BCUT2D eigenvalue weighted by Gasteiger charge is -2.35. The number of carbonyl (C=O) groups is 2. The second-order valence-electron chi connectivity index (χ2n) is 10.4. The van der Waals surface area contributed by atoms with E-state index in [0.29, 0.717) is 42.9 Å². The zero-order chi connectivity index (χ0) is 29.2. The maximum absolute atomic E-state index is 13.2. The molecule has 2 aliphatic heterocycles. The quantitative estimate of drug-likeness (QED) is 0.332. The Balaban J connectivity index is 1.15. The topological polar surface area (TPSA) is 130 Å². The smallest absolute Gasteiger partial charge is 0.310 e. The number of amides is 2. The highest BCUT2D eigenvalue weighted by Crippen LogP contribution is 2.38. The summed E-state index contributed by atoms with van der Waals surface area (Å²) in [6.45, 7) is 2.72. The summed E-state index contributed by atoms with van der Waals surface area (Å²) in [5.41, 5.74) is 5.12. The van der Waals surface area contributed by atoms with Gasteiger partial charge >= 0.3 is 5.69 Å². The van der Waals surface area contributed by atoms with E-state index in [1.165, 1.54) is 13.2 Å². The maximum atomic E-state index is 13.2. The molecule has 0 spiro atoms. The number of allylic oxidation sites excluding steroid dienone is 2. The van der Waals surface area contributed by atoms with Crippen LogP contribution in [0.25, 0.3) is 5.57 Å². The normalized spacial score (nSPS) is 16.4. The fraction of sp³-hybridized carbons (Fsp3) is 0.258. The number of benzene rings is 2. The van der Waals surface area contributed by atoms with E-state index >= 15 is 0 Å². The highest BCUT2D eigenvalue weighted by molar-refractivity contribution is 6.09. The molecule has 6 rings (SSSR count). The van der Waals surface area contributed by atoms with Gasteiger partial charge in [0.1, 0.15) is 5.82 Å². The lowest BCUT2D eigenvalue weighted by atomic mass is 9.90. The Morgan fingerprint density at radius 3 is 2.60 bits per heavy atom. The largest absolute Gasteiger partial charge is 0.490 e. The molecule has 0 bridgehead atoms. The zero-order valence-corrected chi connectivity index (χ0v) is 23.1. The van der Waals surface area contributed by atoms with Gasteiger partial charge in [-0.25, -0.2) is 4.98 Å². The van der Waals surface area contributed by atoms with Crippen LogP contribution in [0.3, 0.4) is 0 Å². The fourth-order valence-corrected chi connectivity index (χ4v) is 5.60. The standard InChI is InChI=1S/C31H30N6O5/c1-42-28-19-22(7-10-27(28)37(40)41)21-6-8-23-25(18-21)33-24-9-5-20(16-26(24)34-31(23)39)17-30(38)36-14-12-35(13-15-36)29-4-2-3-11-32-29/h2-5,7,9-11,16,18-19,33H,6,8,12-15,17H2,1H3,(H,34,39). The number of pyridine rings is 1. The van der Waals surface area contributed by atoms with Crippen LogP contribution < -0.4 is 20.3 Å². The van der Waals surface area contributed by atoms with Crippen molar-refractivity contribution in [3.63, 3.8) is 0 Å². The van der Waals surface area contributed by atoms with Crippen molar-refractivity contribution in [2.24, 2.45) is 0 Å². The van der Waals surface area contributed by atoms with Crippen LogP contribution in [0.15, 0.2) is 78.1 Å². The Morgan fingerprint density at radius 1 is 1.02 bits per heavy atom. The van der Waals surface area contributed by atoms with Crippen molar-refractivity contribution in [2.45, 2.75) is 19.3 Å². The van der Waals surface area contributed by atoms with E-state index in [-0.39, 0.29) is 29.7 Å². The molecule has 2 aromatic carbocycles. The summed E-state index contributed by atoms with van der Waals surface area (Å²) < 4.78 is 5.24. The summed E-state index contributed by atoms with van der Waals surface area (Å²) in [6, 6.07) is 16.3. The van der Waals surface area contributed by atoms with Gasteiger partial charge in [0.05, 0.1) is 29.8 Å². The van der Waals surface area contributed by atoms with Crippen molar-refractivity contribution in [1.29, 1.82) is 0 Å². The van der Waals surface area contributed by atoms with Crippen LogP contribution in [0.1, 0.15) is 24.0 Å². The molecular weight excluding hydrogens is 536 g/mol. The van der Waals surface area contributed by atoms with Gasteiger partial charge in [0.25, 0.3) is 5.91 Å². The number of rotatable bonds is 6. The number of methoxy groups -OCH3 is 1. The lowest BCUT2D eigenvalue weighted by Crippen LogP contribution is -2.49. The number of hydrogen-bond donors (Lipinski definition) is 2. The molecule has 42 heavy (non-hydrogen) atoms. The van der Waals surface area contributed by atoms with E-state index in [4.69, 9.17) is 4.74 Å². The van der Waals surface area contributed by atoms with Gasteiger partial charge in [-0.05, 0) is 72.0 Å². The Bertz CT molecular complexity index is 1630. The number of anilines is 3. The number of nitrogens with zero attached hydrogens (tertiary/aromatic N) is 4. The molecule has 1 saturated heterocycles. The number of piperazine rings is 1. The molecule has 0 radical (unpaired) electrons. The molecule has 3 aliphatic rings. The summed E-state index contributed by atoms with van der Waals surface area (Å²) in [5.74, 6) is 0.964. The average molecular weight is 567 g/mol. The second-order valence-corrected chi connectivity index (χ2v) is 10.4. The summed E-state index contributed by atoms with van der Waals surface area (Å²) >= 11 is 0. The Hall–Kier alpha value is -5.19. The molecule has 3 aromatic rings. The van der Waals surface area contributed by atoms with Crippen molar-refractivity contribution in [3.05, 3.63) is 99.4 Å². The highest BCUT2D eigenvalue weighted by Gasteiger charge is 2.27. The molecular formula is C31H30N6O5. The van der Waals surface area contributed by atoms with E-state index in [9.17, 15) is 19.7 Å². The highest BCUT2D eigenvalue weighted by atomic mass is 16.6. The van der Waals surface area contributed by atoms with Gasteiger partial charge in [0.2, 0.25) is 5.91 Å². The summed E-state index contributed by atoms with van der Waals surface area (Å²) in [7, 11) is 1.40. The predicted molar refractivity (Wildman–Crippen MR) is 159 cm³/mol. The van der Waals surface area contributed by atoms with Crippen LogP contribution in [-0.2, 0) is 16.0 Å². The number of carbonyl (C=O) groups excluding carboxylic acids is 2. The Labute approximate surface area is 242 Å². The summed E-state index contributed by atoms with van der Waals surface area (Å²) in [6.07, 6.45) is 5.03. The van der Waals surface area contributed by atoms with Gasteiger partial charge in [0.15, 0.2) is 5.75 Å². The van der Waals surface area contributed by atoms with Crippen molar-refractivity contribution in [2.75, 3.05) is 48.8 Å². The monoisotopic (exact) mass is 566 g/mol. The number of nitro benzene ring substituents is 1. The van der Waals surface area contributed by atoms with Gasteiger partial charge in [-0.2, -0.15) is 0 Å². The first-order valence-corrected chi connectivity index (χ1v) is 13.8. The van der Waals surface area contributed by atoms with Crippen LogP contribution in [0.4, 0.5) is 22.9 Å². The Kier molecular flexibility index (Phi) is 7.30. The molecule has 0 unspecified atom stereocenters. The first-order valence-electron chi connectivity index (χ1n) is 13.8. The van der Waals surface area contributed by atoms with Gasteiger partial charge in [-0.15, -0.1) is 0 Å². The zero-order valence-electron chi connectivity index (χ0n) is 23.1. The number of fused-ring (bicyclic) bond motifs is 1. The van der Waals surface area contributed by atoms with E-state index < -0.39 is 4.92 Å². The van der Waals surface area contributed by atoms with E-state index in [1.54, 1.807) is 18.3 Å². The SMILES string of the molecule is COc1cc(C2=CC3=C(CC2)C(=O)Nc2cc(CC(=O)N4CCN(c5ccccn5)CC4)ccc2N3)ccc1[N+](=O)[O-].